The van der Waals surface area contributed by atoms with E-state index in [-0.39, 0.29) is 5.97 Å². The Morgan fingerprint density at radius 3 is 3.10 bits per heavy atom. The third-order valence-corrected chi connectivity index (χ3v) is 4.95. The third kappa shape index (κ3) is 3.95. The maximum Gasteiger partial charge on any atom is 0.326 e. The number of nitrogens with one attached hydrogen (secondary N) is 1. The standard InChI is InChI=1S/C15H23N3O2S/c1-4-8-17-15(13(19)20-3)7-5-12(10-15)21-14-16-9-6-11(2)18-14/h6,9,12,17H,4-5,7-8,10H2,1-3H3. The summed E-state index contributed by atoms with van der Waals surface area (Å²) in [6, 6.07) is 1.89. The number of hydrogen-bond donors (Lipinski definition) is 1. The minimum Gasteiger partial charge on any atom is -0.468 e. The molecule has 5 nitrogen and oxygen atoms in total. The van der Waals surface area contributed by atoms with E-state index in [9.17, 15) is 4.79 Å². The van der Waals surface area contributed by atoms with Crippen molar-refractivity contribution in [1.29, 1.82) is 0 Å². The minimum absolute atomic E-state index is 0.149. The summed E-state index contributed by atoms with van der Waals surface area (Å²) in [6.45, 7) is 4.88. The number of nitrogens with zero attached hydrogens (tertiary/aromatic N) is 2. The van der Waals surface area contributed by atoms with Crippen molar-refractivity contribution in [1.82, 2.24) is 15.3 Å². The van der Waals surface area contributed by atoms with Gasteiger partial charge in [0.05, 0.1) is 7.11 Å². The fourth-order valence-electron chi connectivity index (χ4n) is 2.71. The van der Waals surface area contributed by atoms with Crippen LogP contribution in [0, 0.1) is 6.92 Å². The van der Waals surface area contributed by atoms with Gasteiger partial charge in [-0.2, -0.15) is 0 Å². The molecule has 0 radical (unpaired) electrons. The lowest BCUT2D eigenvalue weighted by molar-refractivity contribution is -0.148. The van der Waals surface area contributed by atoms with Crippen LogP contribution in [0.2, 0.25) is 0 Å². The number of aromatic nitrogens is 2. The molecule has 2 rings (SSSR count). The molecular formula is C15H23N3O2S. The van der Waals surface area contributed by atoms with Crippen LogP contribution in [0.5, 0.6) is 0 Å². The molecular weight excluding hydrogens is 286 g/mol. The molecule has 1 N–H and O–H groups in total. The zero-order chi connectivity index (χ0) is 15.3. The summed E-state index contributed by atoms with van der Waals surface area (Å²) in [4.78, 5) is 20.9. The van der Waals surface area contributed by atoms with E-state index in [0.717, 1.165) is 43.1 Å². The number of hydrogen-bond acceptors (Lipinski definition) is 6. The van der Waals surface area contributed by atoms with Gasteiger partial charge in [0.2, 0.25) is 0 Å². The summed E-state index contributed by atoms with van der Waals surface area (Å²) in [5.41, 5.74) is 0.431. The Hall–Kier alpha value is -1.14. The lowest BCUT2D eigenvalue weighted by atomic mass is 9.97. The van der Waals surface area contributed by atoms with Crippen LogP contribution >= 0.6 is 11.8 Å². The highest BCUT2D eigenvalue weighted by Crippen LogP contribution is 2.39. The number of carbonyl (C=O) groups is 1. The van der Waals surface area contributed by atoms with Crippen LogP contribution in [-0.2, 0) is 9.53 Å². The molecule has 1 aromatic rings. The Balaban J connectivity index is 2.03. The van der Waals surface area contributed by atoms with Crippen LogP contribution in [0.15, 0.2) is 17.4 Å². The van der Waals surface area contributed by atoms with Crippen LogP contribution in [0.3, 0.4) is 0 Å². The van der Waals surface area contributed by atoms with Gasteiger partial charge in [0, 0.05) is 17.1 Å². The third-order valence-electron chi connectivity index (χ3n) is 3.80. The molecule has 0 spiro atoms. The van der Waals surface area contributed by atoms with Gasteiger partial charge in [0.15, 0.2) is 5.16 Å². The van der Waals surface area contributed by atoms with Crippen molar-refractivity contribution in [3.05, 3.63) is 18.0 Å². The molecule has 1 aliphatic rings. The zero-order valence-corrected chi connectivity index (χ0v) is 13.7. The second-order valence-corrected chi connectivity index (χ2v) is 6.73. The Labute approximate surface area is 130 Å². The van der Waals surface area contributed by atoms with Gasteiger partial charge < -0.3 is 10.1 Å². The number of carbonyl (C=O) groups excluding carboxylic acids is 1. The highest BCUT2D eigenvalue weighted by atomic mass is 32.2. The number of aryl methyl sites for hydroxylation is 1. The van der Waals surface area contributed by atoms with Crippen molar-refractivity contribution >= 4 is 17.7 Å². The normalized spacial score (nSPS) is 25.0. The first-order valence-corrected chi connectivity index (χ1v) is 8.27. The van der Waals surface area contributed by atoms with Gasteiger partial charge in [-0.15, -0.1) is 0 Å². The highest BCUT2D eigenvalue weighted by Gasteiger charge is 2.46. The second-order valence-electron chi connectivity index (χ2n) is 5.46. The molecule has 2 unspecified atom stereocenters. The van der Waals surface area contributed by atoms with Crippen LogP contribution in [0.25, 0.3) is 0 Å². The van der Waals surface area contributed by atoms with Gasteiger partial charge in [0.1, 0.15) is 5.54 Å². The van der Waals surface area contributed by atoms with Gasteiger partial charge in [-0.25, -0.2) is 9.97 Å². The molecule has 1 heterocycles. The van der Waals surface area contributed by atoms with Crippen LogP contribution in [0.4, 0.5) is 0 Å². The Morgan fingerprint density at radius 1 is 1.62 bits per heavy atom. The molecule has 1 aromatic heterocycles. The first kappa shape index (κ1) is 16.2. The van der Waals surface area contributed by atoms with Crippen molar-refractivity contribution in [2.45, 2.75) is 55.5 Å². The lowest BCUT2D eigenvalue weighted by Gasteiger charge is -2.27. The molecule has 6 heteroatoms. The summed E-state index contributed by atoms with van der Waals surface area (Å²) in [5, 5.41) is 4.52. The molecule has 1 aliphatic carbocycles. The molecule has 1 fully saturated rings. The number of rotatable bonds is 6. The van der Waals surface area contributed by atoms with E-state index in [1.165, 1.54) is 7.11 Å². The largest absolute Gasteiger partial charge is 0.468 e. The van der Waals surface area contributed by atoms with E-state index >= 15 is 0 Å². The van der Waals surface area contributed by atoms with E-state index in [2.05, 4.69) is 22.2 Å². The van der Waals surface area contributed by atoms with E-state index in [0.29, 0.717) is 5.25 Å². The summed E-state index contributed by atoms with van der Waals surface area (Å²) in [5.74, 6) is -0.149. The highest BCUT2D eigenvalue weighted by molar-refractivity contribution is 7.99. The van der Waals surface area contributed by atoms with Gasteiger partial charge in [0.25, 0.3) is 0 Å². The number of methoxy groups -OCH3 is 1. The van der Waals surface area contributed by atoms with E-state index in [4.69, 9.17) is 4.74 Å². The number of ether oxygens (including phenoxy) is 1. The average molecular weight is 309 g/mol. The molecule has 21 heavy (non-hydrogen) atoms. The quantitative estimate of drug-likeness (QED) is 0.643. The minimum atomic E-state index is -0.535. The maximum absolute atomic E-state index is 12.2. The van der Waals surface area contributed by atoms with E-state index in [1.54, 1.807) is 18.0 Å². The number of esters is 1. The smallest absolute Gasteiger partial charge is 0.326 e. The summed E-state index contributed by atoms with van der Waals surface area (Å²) < 4.78 is 5.01. The van der Waals surface area contributed by atoms with Crippen molar-refractivity contribution in [3.8, 4) is 0 Å². The van der Waals surface area contributed by atoms with Crippen molar-refractivity contribution in [2.75, 3.05) is 13.7 Å². The predicted octanol–water partition coefficient (Wildman–Crippen LogP) is 2.34. The maximum atomic E-state index is 12.2. The first-order chi connectivity index (χ1) is 10.1. The van der Waals surface area contributed by atoms with Crippen molar-refractivity contribution in [3.63, 3.8) is 0 Å². The van der Waals surface area contributed by atoms with Gasteiger partial charge in [-0.3, -0.25) is 4.79 Å². The molecule has 0 saturated heterocycles. The monoisotopic (exact) mass is 309 g/mol. The van der Waals surface area contributed by atoms with Crippen LogP contribution in [-0.4, -0.2) is 40.4 Å². The lowest BCUT2D eigenvalue weighted by Crippen LogP contribution is -2.51. The van der Waals surface area contributed by atoms with Crippen LogP contribution in [0.1, 0.15) is 38.3 Å². The number of thioether (sulfide) groups is 1. The predicted molar refractivity (Wildman–Crippen MR) is 83.3 cm³/mol. The molecule has 1 saturated carbocycles. The average Bonchev–Trinajstić information content (AvgIpc) is 2.88. The van der Waals surface area contributed by atoms with Crippen molar-refractivity contribution in [2.24, 2.45) is 0 Å². The van der Waals surface area contributed by atoms with Gasteiger partial charge in [-0.05, 0) is 45.2 Å². The molecule has 116 valence electrons. The van der Waals surface area contributed by atoms with E-state index in [1.807, 2.05) is 13.0 Å². The first-order valence-electron chi connectivity index (χ1n) is 7.39. The Morgan fingerprint density at radius 2 is 2.43 bits per heavy atom. The van der Waals surface area contributed by atoms with Gasteiger partial charge in [-0.1, -0.05) is 18.7 Å². The van der Waals surface area contributed by atoms with E-state index < -0.39 is 5.54 Å². The molecule has 0 bridgehead atoms. The summed E-state index contributed by atoms with van der Waals surface area (Å²) in [7, 11) is 1.46. The molecule has 0 amide bonds. The molecule has 0 aromatic carbocycles. The Bertz CT molecular complexity index is 498. The zero-order valence-electron chi connectivity index (χ0n) is 12.9. The summed E-state index contributed by atoms with van der Waals surface area (Å²) in [6.07, 6.45) is 5.32. The fourth-order valence-corrected chi connectivity index (χ4v) is 3.93. The Kier molecular flexibility index (Phi) is 5.58. The van der Waals surface area contributed by atoms with Gasteiger partial charge >= 0.3 is 5.97 Å². The molecule has 0 aliphatic heterocycles. The topological polar surface area (TPSA) is 64.1 Å². The summed E-state index contributed by atoms with van der Waals surface area (Å²) >= 11 is 1.66. The second kappa shape index (κ2) is 7.22. The molecule has 2 atom stereocenters. The SMILES string of the molecule is CCCNC1(C(=O)OC)CCC(Sc2nccc(C)n2)C1. The fraction of sp³-hybridized carbons (Fsp3) is 0.667. The van der Waals surface area contributed by atoms with Crippen LogP contribution < -0.4 is 5.32 Å². The van der Waals surface area contributed by atoms with Crippen molar-refractivity contribution < 1.29 is 9.53 Å².